The summed E-state index contributed by atoms with van der Waals surface area (Å²) in [6, 6.07) is 4.31. The largest absolute Gasteiger partial charge is 0.494 e. The van der Waals surface area contributed by atoms with Crippen molar-refractivity contribution in [2.45, 2.75) is 12.5 Å². The van der Waals surface area contributed by atoms with Crippen LogP contribution in [-0.2, 0) is 9.53 Å². The summed E-state index contributed by atoms with van der Waals surface area (Å²) in [6.45, 7) is 2.07. The van der Waals surface area contributed by atoms with Gasteiger partial charge < -0.3 is 20.1 Å². The second-order valence-corrected chi connectivity index (χ2v) is 4.30. The summed E-state index contributed by atoms with van der Waals surface area (Å²) in [7, 11) is 1.39. The first-order valence-electron chi connectivity index (χ1n) is 6.15. The first-order chi connectivity index (χ1) is 9.19. The van der Waals surface area contributed by atoms with Crippen molar-refractivity contribution in [2.75, 3.05) is 32.1 Å². The molecule has 2 N–H and O–H groups in total. The number of hydrogen-bond donors (Lipinski definition) is 2. The lowest BCUT2D eigenvalue weighted by molar-refractivity contribution is -0.119. The van der Waals surface area contributed by atoms with Crippen LogP contribution < -0.4 is 15.4 Å². The number of ether oxygens (including phenoxy) is 2. The molecule has 1 saturated heterocycles. The third-order valence-electron chi connectivity index (χ3n) is 2.85. The minimum Gasteiger partial charge on any atom is -0.494 e. The Kier molecular flexibility index (Phi) is 6.70. The SMILES string of the molecule is COc1ccc(NC(=O)CC2CNCCO2)cc1F.Cl. The van der Waals surface area contributed by atoms with Crippen molar-refractivity contribution in [3.8, 4) is 5.75 Å². The van der Waals surface area contributed by atoms with Gasteiger partial charge in [-0.3, -0.25) is 4.79 Å². The predicted octanol–water partition coefficient (Wildman–Crippen LogP) is 1.57. The summed E-state index contributed by atoms with van der Waals surface area (Å²) in [5.41, 5.74) is 0.409. The van der Waals surface area contributed by atoms with Gasteiger partial charge >= 0.3 is 0 Å². The van der Waals surface area contributed by atoms with Gasteiger partial charge in [0.1, 0.15) is 0 Å². The molecule has 0 spiro atoms. The second kappa shape index (κ2) is 8.04. The molecular weight excluding hydrogens is 287 g/mol. The van der Waals surface area contributed by atoms with Crippen LogP contribution in [0.5, 0.6) is 5.75 Å². The van der Waals surface area contributed by atoms with E-state index in [-0.39, 0.29) is 36.6 Å². The van der Waals surface area contributed by atoms with Gasteiger partial charge in [-0.05, 0) is 12.1 Å². The average molecular weight is 305 g/mol. The van der Waals surface area contributed by atoms with E-state index in [4.69, 9.17) is 9.47 Å². The van der Waals surface area contributed by atoms with Crippen molar-refractivity contribution in [1.82, 2.24) is 5.32 Å². The van der Waals surface area contributed by atoms with E-state index in [9.17, 15) is 9.18 Å². The molecule has 0 radical (unpaired) electrons. The van der Waals surface area contributed by atoms with Gasteiger partial charge in [-0.15, -0.1) is 12.4 Å². The van der Waals surface area contributed by atoms with Gasteiger partial charge in [0, 0.05) is 24.8 Å². The highest BCUT2D eigenvalue weighted by atomic mass is 35.5. The number of halogens is 2. The lowest BCUT2D eigenvalue weighted by Crippen LogP contribution is -2.40. The number of amides is 1. The third-order valence-corrected chi connectivity index (χ3v) is 2.85. The van der Waals surface area contributed by atoms with Crippen LogP contribution in [0.4, 0.5) is 10.1 Å². The fourth-order valence-electron chi connectivity index (χ4n) is 1.91. The first-order valence-corrected chi connectivity index (χ1v) is 6.15. The Morgan fingerprint density at radius 3 is 3.00 bits per heavy atom. The van der Waals surface area contributed by atoms with Gasteiger partial charge in [0.15, 0.2) is 11.6 Å². The maximum atomic E-state index is 13.4. The minimum atomic E-state index is -0.504. The summed E-state index contributed by atoms with van der Waals surface area (Å²) >= 11 is 0. The molecule has 112 valence electrons. The molecule has 1 amide bonds. The molecule has 0 aromatic heterocycles. The quantitative estimate of drug-likeness (QED) is 0.886. The smallest absolute Gasteiger partial charge is 0.227 e. The van der Waals surface area contributed by atoms with Crippen molar-refractivity contribution >= 4 is 24.0 Å². The van der Waals surface area contributed by atoms with Crippen LogP contribution in [0.2, 0.25) is 0 Å². The van der Waals surface area contributed by atoms with Crippen LogP contribution in [-0.4, -0.2) is 38.8 Å². The molecule has 0 saturated carbocycles. The highest BCUT2D eigenvalue weighted by Crippen LogP contribution is 2.20. The highest BCUT2D eigenvalue weighted by Gasteiger charge is 2.17. The number of carbonyl (C=O) groups excluding carboxylic acids is 1. The Bertz CT molecular complexity index is 453. The Balaban J connectivity index is 0.00000200. The molecule has 1 aliphatic rings. The van der Waals surface area contributed by atoms with Crippen LogP contribution in [0.1, 0.15) is 6.42 Å². The number of rotatable bonds is 4. The van der Waals surface area contributed by atoms with Gasteiger partial charge in [0.2, 0.25) is 5.91 Å². The molecule has 5 nitrogen and oxygen atoms in total. The third kappa shape index (κ3) is 4.63. The van der Waals surface area contributed by atoms with Gasteiger partial charge in [-0.25, -0.2) is 4.39 Å². The number of carbonyl (C=O) groups is 1. The normalized spacial score (nSPS) is 18.0. The zero-order chi connectivity index (χ0) is 13.7. The zero-order valence-corrected chi connectivity index (χ0v) is 12.0. The van der Waals surface area contributed by atoms with Gasteiger partial charge in [-0.2, -0.15) is 0 Å². The molecule has 2 rings (SSSR count). The van der Waals surface area contributed by atoms with Crippen LogP contribution >= 0.6 is 12.4 Å². The summed E-state index contributed by atoms with van der Waals surface area (Å²) in [5.74, 6) is -0.549. The molecule has 0 bridgehead atoms. The van der Waals surface area contributed by atoms with Crippen LogP contribution in [0.25, 0.3) is 0 Å². The van der Waals surface area contributed by atoms with E-state index in [0.717, 1.165) is 6.54 Å². The Hall–Kier alpha value is -1.37. The molecule has 1 heterocycles. The van der Waals surface area contributed by atoms with Gasteiger partial charge in [-0.1, -0.05) is 0 Å². The Morgan fingerprint density at radius 1 is 1.60 bits per heavy atom. The summed E-state index contributed by atoms with van der Waals surface area (Å²) < 4.78 is 23.7. The Morgan fingerprint density at radius 2 is 2.40 bits per heavy atom. The van der Waals surface area contributed by atoms with Crippen molar-refractivity contribution < 1.29 is 18.7 Å². The standard InChI is InChI=1S/C13H17FN2O3.ClH/c1-18-12-3-2-9(6-11(12)14)16-13(17)7-10-8-15-4-5-19-10;/h2-3,6,10,15H,4-5,7-8H2,1H3,(H,16,17);1H. The number of morpholine rings is 1. The van der Waals surface area contributed by atoms with E-state index in [2.05, 4.69) is 10.6 Å². The molecule has 7 heteroatoms. The minimum absolute atomic E-state index is 0. The molecule has 20 heavy (non-hydrogen) atoms. The maximum absolute atomic E-state index is 13.4. The van der Waals surface area contributed by atoms with E-state index in [0.29, 0.717) is 18.8 Å². The molecule has 1 unspecified atom stereocenters. The molecular formula is C13H18ClFN2O3. The van der Waals surface area contributed by atoms with E-state index in [1.54, 1.807) is 6.07 Å². The number of anilines is 1. The highest BCUT2D eigenvalue weighted by molar-refractivity contribution is 5.91. The van der Waals surface area contributed by atoms with E-state index in [1.165, 1.54) is 19.2 Å². The number of methoxy groups -OCH3 is 1. The molecule has 1 atom stereocenters. The van der Waals surface area contributed by atoms with Crippen molar-refractivity contribution in [1.29, 1.82) is 0 Å². The van der Waals surface area contributed by atoms with E-state index in [1.807, 2.05) is 0 Å². The van der Waals surface area contributed by atoms with Crippen molar-refractivity contribution in [3.63, 3.8) is 0 Å². The molecule has 0 aliphatic carbocycles. The molecule has 1 aromatic rings. The number of benzene rings is 1. The topological polar surface area (TPSA) is 59.6 Å². The number of nitrogens with one attached hydrogen (secondary N) is 2. The molecule has 1 fully saturated rings. The fraction of sp³-hybridized carbons (Fsp3) is 0.462. The van der Waals surface area contributed by atoms with Crippen LogP contribution in [0, 0.1) is 5.82 Å². The number of hydrogen-bond acceptors (Lipinski definition) is 4. The average Bonchev–Trinajstić information content (AvgIpc) is 2.40. The molecule has 1 aliphatic heterocycles. The Labute approximate surface area is 123 Å². The zero-order valence-electron chi connectivity index (χ0n) is 11.1. The lowest BCUT2D eigenvalue weighted by Gasteiger charge is -2.23. The summed E-state index contributed by atoms with van der Waals surface area (Å²) in [6.07, 6.45) is 0.123. The van der Waals surface area contributed by atoms with Crippen molar-refractivity contribution in [2.24, 2.45) is 0 Å². The van der Waals surface area contributed by atoms with Crippen molar-refractivity contribution in [3.05, 3.63) is 24.0 Å². The summed E-state index contributed by atoms with van der Waals surface area (Å²) in [5, 5.41) is 5.79. The molecule has 1 aromatic carbocycles. The summed E-state index contributed by atoms with van der Waals surface area (Å²) in [4.78, 5) is 11.8. The second-order valence-electron chi connectivity index (χ2n) is 4.30. The lowest BCUT2D eigenvalue weighted by atomic mass is 10.2. The van der Waals surface area contributed by atoms with Gasteiger partial charge in [0.25, 0.3) is 0 Å². The van der Waals surface area contributed by atoms with Gasteiger partial charge in [0.05, 0.1) is 26.2 Å². The van der Waals surface area contributed by atoms with Crippen LogP contribution in [0.15, 0.2) is 18.2 Å². The first kappa shape index (κ1) is 16.7. The van der Waals surface area contributed by atoms with E-state index < -0.39 is 5.82 Å². The van der Waals surface area contributed by atoms with Crippen LogP contribution in [0.3, 0.4) is 0 Å². The monoisotopic (exact) mass is 304 g/mol. The predicted molar refractivity (Wildman–Crippen MR) is 76.1 cm³/mol. The fourth-order valence-corrected chi connectivity index (χ4v) is 1.91. The van der Waals surface area contributed by atoms with E-state index >= 15 is 0 Å². The maximum Gasteiger partial charge on any atom is 0.227 e.